The Labute approximate surface area is 71.7 Å². The fourth-order valence-corrected chi connectivity index (χ4v) is 1.54. The molecule has 0 aromatic heterocycles. The predicted octanol–water partition coefficient (Wildman–Crippen LogP) is 2.02. The van der Waals surface area contributed by atoms with Crippen LogP contribution in [-0.4, -0.2) is 15.6 Å². The molecule has 0 aromatic rings. The maximum Gasteiger partial charge on any atom is 0.196 e. The van der Waals surface area contributed by atoms with Gasteiger partial charge in [0.15, 0.2) is 5.12 Å². The van der Waals surface area contributed by atoms with Crippen LogP contribution in [0.4, 0.5) is 0 Å². The molecule has 0 unspecified atom stereocenters. The standard InChI is InChI=1S/C8H14O2S/c1-6(9)5-7(10)11-8(2,3)4/h5H2,1-4H3. The van der Waals surface area contributed by atoms with Gasteiger partial charge in [0.25, 0.3) is 0 Å². The van der Waals surface area contributed by atoms with Gasteiger partial charge in [-0.15, -0.1) is 0 Å². The molecule has 2 nitrogen and oxygen atoms in total. The third kappa shape index (κ3) is 7.59. The van der Waals surface area contributed by atoms with E-state index >= 15 is 0 Å². The summed E-state index contributed by atoms with van der Waals surface area (Å²) in [7, 11) is 0. The van der Waals surface area contributed by atoms with Gasteiger partial charge in [0, 0.05) is 4.75 Å². The summed E-state index contributed by atoms with van der Waals surface area (Å²) in [6, 6.07) is 0. The lowest BCUT2D eigenvalue weighted by molar-refractivity contribution is -0.121. The van der Waals surface area contributed by atoms with Gasteiger partial charge in [-0.2, -0.15) is 0 Å². The van der Waals surface area contributed by atoms with Crippen molar-refractivity contribution in [3.8, 4) is 0 Å². The average molecular weight is 174 g/mol. The van der Waals surface area contributed by atoms with E-state index in [2.05, 4.69) is 0 Å². The number of Topliss-reactive ketones (excluding diaryl/α,β-unsaturated/α-hetero) is 1. The first-order chi connectivity index (χ1) is 4.81. The molecule has 0 aromatic carbocycles. The van der Waals surface area contributed by atoms with E-state index in [1.807, 2.05) is 20.8 Å². The summed E-state index contributed by atoms with van der Waals surface area (Å²) in [6.45, 7) is 7.29. The third-order valence-corrected chi connectivity index (χ3v) is 1.80. The van der Waals surface area contributed by atoms with Gasteiger partial charge in [-0.25, -0.2) is 0 Å². The van der Waals surface area contributed by atoms with Gasteiger partial charge in [-0.3, -0.25) is 9.59 Å². The Balaban J connectivity index is 3.80. The van der Waals surface area contributed by atoms with Gasteiger partial charge in [0.1, 0.15) is 5.78 Å². The van der Waals surface area contributed by atoms with E-state index < -0.39 is 0 Å². The normalized spacial score (nSPS) is 11.3. The van der Waals surface area contributed by atoms with Crippen LogP contribution in [0.25, 0.3) is 0 Å². The summed E-state index contributed by atoms with van der Waals surface area (Å²) >= 11 is 1.23. The van der Waals surface area contributed by atoms with Crippen LogP contribution in [0.3, 0.4) is 0 Å². The second kappa shape index (κ2) is 3.90. The van der Waals surface area contributed by atoms with Crippen LogP contribution in [0.2, 0.25) is 0 Å². The topological polar surface area (TPSA) is 34.1 Å². The van der Waals surface area contributed by atoms with E-state index in [-0.39, 0.29) is 22.1 Å². The molecule has 3 heteroatoms. The molecule has 0 atom stereocenters. The van der Waals surface area contributed by atoms with E-state index in [0.717, 1.165) is 0 Å². The molecule has 0 aliphatic heterocycles. The van der Waals surface area contributed by atoms with Gasteiger partial charge in [0.2, 0.25) is 0 Å². The van der Waals surface area contributed by atoms with Crippen molar-refractivity contribution in [2.45, 2.75) is 38.9 Å². The molecule has 64 valence electrons. The fourth-order valence-electron chi connectivity index (χ4n) is 0.581. The number of hydrogen-bond donors (Lipinski definition) is 0. The molecule has 0 radical (unpaired) electrons. The molecule has 0 aliphatic carbocycles. The average Bonchev–Trinajstić information content (AvgIpc) is 1.53. The Morgan fingerprint density at radius 2 is 1.73 bits per heavy atom. The monoisotopic (exact) mass is 174 g/mol. The Kier molecular flexibility index (Phi) is 3.79. The van der Waals surface area contributed by atoms with Crippen molar-refractivity contribution in [3.63, 3.8) is 0 Å². The van der Waals surface area contributed by atoms with Gasteiger partial charge >= 0.3 is 0 Å². The van der Waals surface area contributed by atoms with Crippen molar-refractivity contribution in [1.82, 2.24) is 0 Å². The van der Waals surface area contributed by atoms with E-state index in [4.69, 9.17) is 0 Å². The van der Waals surface area contributed by atoms with Gasteiger partial charge in [-0.05, 0) is 6.92 Å². The Hall–Kier alpha value is -0.310. The van der Waals surface area contributed by atoms with Crippen LogP contribution in [0, 0.1) is 0 Å². The Morgan fingerprint density at radius 3 is 2.00 bits per heavy atom. The van der Waals surface area contributed by atoms with Crippen molar-refractivity contribution in [2.75, 3.05) is 0 Å². The first-order valence-electron chi connectivity index (χ1n) is 3.52. The molecule has 0 spiro atoms. The SMILES string of the molecule is CC(=O)CC(=O)SC(C)(C)C. The lowest BCUT2D eigenvalue weighted by Crippen LogP contribution is -2.13. The van der Waals surface area contributed by atoms with E-state index in [1.54, 1.807) is 0 Å². The molecule has 0 amide bonds. The highest BCUT2D eigenvalue weighted by atomic mass is 32.2. The quantitative estimate of drug-likeness (QED) is 0.601. The first kappa shape index (κ1) is 10.7. The highest BCUT2D eigenvalue weighted by Gasteiger charge is 2.17. The van der Waals surface area contributed by atoms with Gasteiger partial charge in [-0.1, -0.05) is 32.5 Å². The second-order valence-electron chi connectivity index (χ2n) is 3.47. The van der Waals surface area contributed by atoms with Crippen molar-refractivity contribution >= 4 is 22.7 Å². The van der Waals surface area contributed by atoms with Gasteiger partial charge < -0.3 is 0 Å². The lowest BCUT2D eigenvalue weighted by Gasteiger charge is -2.14. The molecule has 0 saturated heterocycles. The summed E-state index contributed by atoms with van der Waals surface area (Å²) in [4.78, 5) is 21.5. The first-order valence-corrected chi connectivity index (χ1v) is 4.34. The molecule has 0 heterocycles. The summed E-state index contributed by atoms with van der Waals surface area (Å²) in [5.41, 5.74) is 0. The number of hydrogen-bond acceptors (Lipinski definition) is 3. The summed E-state index contributed by atoms with van der Waals surface area (Å²) < 4.78 is -0.0769. The number of carbonyl (C=O) groups excluding carboxylic acids is 2. The van der Waals surface area contributed by atoms with Crippen molar-refractivity contribution < 1.29 is 9.59 Å². The van der Waals surface area contributed by atoms with E-state index in [9.17, 15) is 9.59 Å². The smallest absolute Gasteiger partial charge is 0.196 e. The van der Waals surface area contributed by atoms with Crippen molar-refractivity contribution in [3.05, 3.63) is 0 Å². The summed E-state index contributed by atoms with van der Waals surface area (Å²) in [6.07, 6.45) is 0.0575. The molecule has 11 heavy (non-hydrogen) atoms. The zero-order valence-electron chi connectivity index (χ0n) is 7.43. The highest BCUT2D eigenvalue weighted by Crippen LogP contribution is 2.24. The number of rotatable bonds is 2. The zero-order chi connectivity index (χ0) is 9.07. The summed E-state index contributed by atoms with van der Waals surface area (Å²) in [5, 5.41) is -0.0370. The fraction of sp³-hybridized carbons (Fsp3) is 0.750. The number of thioether (sulfide) groups is 1. The molecule has 0 bridgehead atoms. The van der Waals surface area contributed by atoms with E-state index in [0.29, 0.717) is 0 Å². The second-order valence-corrected chi connectivity index (χ2v) is 5.35. The van der Waals surface area contributed by atoms with Crippen molar-refractivity contribution in [1.29, 1.82) is 0 Å². The minimum absolute atomic E-state index is 0.0370. The van der Waals surface area contributed by atoms with Crippen LogP contribution in [-0.2, 0) is 9.59 Å². The zero-order valence-corrected chi connectivity index (χ0v) is 8.25. The Morgan fingerprint density at radius 1 is 1.27 bits per heavy atom. The summed E-state index contributed by atoms with van der Waals surface area (Å²) in [5.74, 6) is -0.0632. The molecular formula is C8H14O2S. The Bertz CT molecular complexity index is 167. The lowest BCUT2D eigenvalue weighted by atomic mass is 10.3. The van der Waals surface area contributed by atoms with Crippen LogP contribution in [0.15, 0.2) is 0 Å². The minimum Gasteiger partial charge on any atom is -0.300 e. The maximum absolute atomic E-state index is 11.0. The molecule has 0 N–H and O–H groups in total. The highest BCUT2D eigenvalue weighted by molar-refractivity contribution is 8.14. The molecule has 0 rings (SSSR count). The van der Waals surface area contributed by atoms with Gasteiger partial charge in [0.05, 0.1) is 6.42 Å². The number of carbonyl (C=O) groups is 2. The van der Waals surface area contributed by atoms with Crippen LogP contribution in [0.5, 0.6) is 0 Å². The number of ketones is 1. The maximum atomic E-state index is 11.0. The van der Waals surface area contributed by atoms with Crippen LogP contribution >= 0.6 is 11.8 Å². The minimum atomic E-state index is -0.0769. The molecule has 0 aliphatic rings. The van der Waals surface area contributed by atoms with Crippen LogP contribution in [0.1, 0.15) is 34.1 Å². The third-order valence-electron chi connectivity index (χ3n) is 0.813. The largest absolute Gasteiger partial charge is 0.300 e. The molecule has 0 fully saturated rings. The molecule has 0 saturated carbocycles. The molecular weight excluding hydrogens is 160 g/mol. The van der Waals surface area contributed by atoms with E-state index in [1.165, 1.54) is 18.7 Å². The van der Waals surface area contributed by atoms with Crippen LogP contribution < -0.4 is 0 Å². The van der Waals surface area contributed by atoms with Crippen molar-refractivity contribution in [2.24, 2.45) is 0 Å². The predicted molar refractivity (Wildman–Crippen MR) is 47.6 cm³/mol.